The highest BCUT2D eigenvalue weighted by Crippen LogP contribution is 2.68. The molecule has 0 radical (unpaired) electrons. The van der Waals surface area contributed by atoms with Gasteiger partial charge < -0.3 is 9.57 Å². The number of carbonyl (C=O) groups excluding carboxylic acids is 4. The summed E-state index contributed by atoms with van der Waals surface area (Å²) < 4.78 is 5.01. The summed E-state index contributed by atoms with van der Waals surface area (Å²) in [6.07, 6.45) is 1.78. The summed E-state index contributed by atoms with van der Waals surface area (Å²) in [6, 6.07) is 6.34. The summed E-state index contributed by atoms with van der Waals surface area (Å²) in [6.45, 7) is 2.10. The summed E-state index contributed by atoms with van der Waals surface area (Å²) in [5, 5.41) is 0.535. The van der Waals surface area contributed by atoms with Crippen LogP contribution < -0.4 is 0 Å². The molecule has 25 heavy (non-hydrogen) atoms. The van der Waals surface area contributed by atoms with Gasteiger partial charge in [-0.25, -0.2) is 4.79 Å². The van der Waals surface area contributed by atoms with Crippen molar-refractivity contribution in [1.29, 1.82) is 0 Å². The van der Waals surface area contributed by atoms with Crippen molar-refractivity contribution in [1.82, 2.24) is 5.06 Å². The van der Waals surface area contributed by atoms with Crippen LogP contribution in [0.15, 0.2) is 24.3 Å². The average Bonchev–Trinajstić information content (AvgIpc) is 3.28. The van der Waals surface area contributed by atoms with Gasteiger partial charge in [0.05, 0.1) is 29.6 Å². The molecule has 3 aliphatic rings. The largest absolute Gasteiger partial charge is 0.466 e. The van der Waals surface area contributed by atoms with Gasteiger partial charge in [0.25, 0.3) is 11.8 Å². The van der Waals surface area contributed by atoms with Gasteiger partial charge in [0.15, 0.2) is 0 Å². The molecule has 1 aromatic rings. The van der Waals surface area contributed by atoms with Crippen LogP contribution in [-0.4, -0.2) is 35.4 Å². The predicted molar refractivity (Wildman–Crippen MR) is 82.9 cm³/mol. The second-order valence-electron chi connectivity index (χ2n) is 6.84. The van der Waals surface area contributed by atoms with E-state index in [0.717, 1.165) is 6.42 Å². The summed E-state index contributed by atoms with van der Waals surface area (Å²) >= 11 is 0. The van der Waals surface area contributed by atoms with E-state index in [1.54, 1.807) is 19.1 Å². The lowest BCUT2D eigenvalue weighted by Crippen LogP contribution is -2.40. The number of fused-ring (bicyclic) bond motifs is 1. The molecule has 2 saturated carbocycles. The Labute approximate surface area is 143 Å². The highest BCUT2D eigenvalue weighted by Gasteiger charge is 2.67. The molecule has 0 N–H and O–H groups in total. The fourth-order valence-electron chi connectivity index (χ4n) is 3.88. The number of hydrogen-bond donors (Lipinski definition) is 0. The fraction of sp³-hybridized carbons (Fsp3) is 0.444. The molecule has 1 atom stereocenters. The summed E-state index contributed by atoms with van der Waals surface area (Å²) in [7, 11) is 0. The molecule has 2 aliphatic carbocycles. The standard InChI is InChI=1S/C18H17NO6/c1-2-24-17(23)13-9-18(13)7-10(8-18)16(22)25-19-14(20)11-5-3-4-6-12(11)15(19)21/h3-6,10,13H,2,7-9H2,1H3. The highest BCUT2D eigenvalue weighted by atomic mass is 16.7. The number of ether oxygens (including phenoxy) is 1. The van der Waals surface area contributed by atoms with Crippen molar-refractivity contribution in [2.75, 3.05) is 6.61 Å². The van der Waals surface area contributed by atoms with Crippen LogP contribution in [0.5, 0.6) is 0 Å². The number of imide groups is 1. The maximum atomic E-state index is 12.3. The third-order valence-corrected chi connectivity index (χ3v) is 5.34. The van der Waals surface area contributed by atoms with E-state index in [1.165, 1.54) is 12.1 Å². The van der Waals surface area contributed by atoms with E-state index in [9.17, 15) is 19.2 Å². The molecule has 0 aromatic heterocycles. The zero-order valence-corrected chi connectivity index (χ0v) is 13.7. The number of hydrogen-bond acceptors (Lipinski definition) is 6. The van der Waals surface area contributed by atoms with Crippen LogP contribution in [0.25, 0.3) is 0 Å². The average molecular weight is 343 g/mol. The zero-order chi connectivity index (χ0) is 17.8. The molecular formula is C18H17NO6. The molecule has 0 bridgehead atoms. The minimum atomic E-state index is -0.626. The van der Waals surface area contributed by atoms with Crippen LogP contribution in [0.4, 0.5) is 0 Å². The van der Waals surface area contributed by atoms with E-state index in [4.69, 9.17) is 9.57 Å². The van der Waals surface area contributed by atoms with E-state index in [0.29, 0.717) is 24.5 Å². The van der Waals surface area contributed by atoms with E-state index in [-0.39, 0.29) is 28.4 Å². The maximum absolute atomic E-state index is 12.3. The van der Waals surface area contributed by atoms with Crippen LogP contribution in [0.2, 0.25) is 0 Å². The van der Waals surface area contributed by atoms with Gasteiger partial charge in [0.2, 0.25) is 0 Å². The lowest BCUT2D eigenvalue weighted by atomic mass is 9.70. The first-order valence-electron chi connectivity index (χ1n) is 8.33. The van der Waals surface area contributed by atoms with Crippen LogP contribution in [-0.2, 0) is 19.2 Å². The molecule has 4 rings (SSSR count). The predicted octanol–water partition coefficient (Wildman–Crippen LogP) is 1.72. The Morgan fingerprint density at radius 2 is 1.68 bits per heavy atom. The monoisotopic (exact) mass is 343 g/mol. The topological polar surface area (TPSA) is 90.0 Å². The Kier molecular flexibility index (Phi) is 3.42. The lowest BCUT2D eigenvalue weighted by Gasteiger charge is -2.35. The van der Waals surface area contributed by atoms with Gasteiger partial charge in [-0.2, -0.15) is 0 Å². The Balaban J connectivity index is 1.35. The Morgan fingerprint density at radius 3 is 2.24 bits per heavy atom. The van der Waals surface area contributed by atoms with Crippen LogP contribution >= 0.6 is 0 Å². The van der Waals surface area contributed by atoms with Crippen LogP contribution in [0.3, 0.4) is 0 Å². The van der Waals surface area contributed by atoms with E-state index < -0.39 is 23.7 Å². The van der Waals surface area contributed by atoms with Crippen LogP contribution in [0, 0.1) is 17.3 Å². The minimum Gasteiger partial charge on any atom is -0.466 e. The number of benzene rings is 1. The number of carbonyl (C=O) groups is 4. The molecule has 7 heteroatoms. The molecule has 0 saturated heterocycles. The number of nitrogens with zero attached hydrogens (tertiary/aromatic N) is 1. The molecule has 2 amide bonds. The van der Waals surface area contributed by atoms with Crippen molar-refractivity contribution in [3.63, 3.8) is 0 Å². The Bertz CT molecular complexity index is 760. The van der Waals surface area contributed by atoms with Gasteiger partial charge in [0, 0.05) is 0 Å². The summed E-state index contributed by atoms with van der Waals surface area (Å²) in [5.74, 6) is -2.61. The first kappa shape index (κ1) is 15.8. The highest BCUT2D eigenvalue weighted by molar-refractivity contribution is 6.20. The van der Waals surface area contributed by atoms with E-state index in [2.05, 4.69) is 0 Å². The maximum Gasteiger partial charge on any atom is 0.336 e. The molecule has 2 fully saturated rings. The van der Waals surface area contributed by atoms with Gasteiger partial charge in [-0.1, -0.05) is 17.2 Å². The van der Waals surface area contributed by atoms with Gasteiger partial charge in [-0.15, -0.1) is 0 Å². The minimum absolute atomic E-state index is 0.143. The van der Waals surface area contributed by atoms with E-state index >= 15 is 0 Å². The third kappa shape index (κ3) is 2.33. The number of amides is 2. The zero-order valence-electron chi connectivity index (χ0n) is 13.7. The fourth-order valence-corrected chi connectivity index (χ4v) is 3.88. The van der Waals surface area contributed by atoms with Crippen LogP contribution in [0.1, 0.15) is 46.9 Å². The molecule has 1 unspecified atom stereocenters. The normalized spacial score (nSPS) is 29.2. The number of rotatable bonds is 4. The molecule has 7 nitrogen and oxygen atoms in total. The van der Waals surface area contributed by atoms with Gasteiger partial charge >= 0.3 is 11.9 Å². The molecule has 1 spiro atoms. The lowest BCUT2D eigenvalue weighted by molar-refractivity contribution is -0.180. The van der Waals surface area contributed by atoms with Crippen molar-refractivity contribution < 1.29 is 28.8 Å². The van der Waals surface area contributed by atoms with Gasteiger partial charge in [-0.3, -0.25) is 14.4 Å². The smallest absolute Gasteiger partial charge is 0.336 e. The summed E-state index contributed by atoms with van der Waals surface area (Å²) in [5.41, 5.74) is 0.308. The van der Waals surface area contributed by atoms with Crippen molar-refractivity contribution in [3.05, 3.63) is 35.4 Å². The van der Waals surface area contributed by atoms with Crippen molar-refractivity contribution in [3.8, 4) is 0 Å². The first-order valence-corrected chi connectivity index (χ1v) is 8.33. The number of hydroxylamine groups is 2. The second-order valence-corrected chi connectivity index (χ2v) is 6.84. The Hall–Kier alpha value is -2.70. The Morgan fingerprint density at radius 1 is 1.08 bits per heavy atom. The third-order valence-electron chi connectivity index (χ3n) is 5.34. The first-order chi connectivity index (χ1) is 12.0. The second kappa shape index (κ2) is 5.40. The SMILES string of the molecule is CCOC(=O)C1CC12CC(C(=O)ON1C(=O)c3ccccc3C1=O)C2. The molecule has 130 valence electrons. The molecular weight excluding hydrogens is 326 g/mol. The van der Waals surface area contributed by atoms with E-state index in [1.807, 2.05) is 0 Å². The van der Waals surface area contributed by atoms with Gasteiger partial charge in [0.1, 0.15) is 0 Å². The molecule has 1 heterocycles. The molecule has 1 aromatic carbocycles. The quantitative estimate of drug-likeness (QED) is 0.611. The number of esters is 1. The van der Waals surface area contributed by atoms with Crippen molar-refractivity contribution in [2.24, 2.45) is 17.3 Å². The van der Waals surface area contributed by atoms with Crippen molar-refractivity contribution in [2.45, 2.75) is 26.2 Å². The summed E-state index contributed by atoms with van der Waals surface area (Å²) in [4.78, 5) is 53.4. The van der Waals surface area contributed by atoms with Gasteiger partial charge in [-0.05, 0) is 43.7 Å². The van der Waals surface area contributed by atoms with Crippen molar-refractivity contribution >= 4 is 23.8 Å². The molecule has 1 aliphatic heterocycles.